The SMILES string of the molecule is Clc1ccc(OC/C(=N\OCc2ccccc2)c2ccccc2)cc1. The van der Waals surface area contributed by atoms with Crippen molar-refractivity contribution in [2.75, 3.05) is 6.61 Å². The van der Waals surface area contributed by atoms with Gasteiger partial charge in [0.15, 0.2) is 0 Å². The molecule has 0 atom stereocenters. The maximum absolute atomic E-state index is 5.90. The van der Waals surface area contributed by atoms with Gasteiger partial charge in [0.2, 0.25) is 0 Å². The van der Waals surface area contributed by atoms with Crippen molar-refractivity contribution in [2.24, 2.45) is 5.16 Å². The van der Waals surface area contributed by atoms with Crippen molar-refractivity contribution in [1.82, 2.24) is 0 Å². The summed E-state index contributed by atoms with van der Waals surface area (Å²) in [6, 6.07) is 27.0. The van der Waals surface area contributed by atoms with Crippen LogP contribution in [0.3, 0.4) is 0 Å². The Morgan fingerprint density at radius 2 is 1.44 bits per heavy atom. The molecule has 25 heavy (non-hydrogen) atoms. The molecule has 0 aliphatic rings. The summed E-state index contributed by atoms with van der Waals surface area (Å²) < 4.78 is 5.81. The fraction of sp³-hybridized carbons (Fsp3) is 0.0952. The maximum atomic E-state index is 5.90. The molecule has 0 N–H and O–H groups in total. The molecule has 0 saturated heterocycles. The van der Waals surface area contributed by atoms with E-state index in [0.29, 0.717) is 18.2 Å². The zero-order chi connectivity index (χ0) is 17.3. The average Bonchev–Trinajstić information content (AvgIpc) is 2.67. The van der Waals surface area contributed by atoms with Crippen LogP contribution in [0, 0.1) is 0 Å². The van der Waals surface area contributed by atoms with E-state index in [0.717, 1.165) is 22.6 Å². The standard InChI is InChI=1S/C21H18ClNO2/c22-19-11-13-20(14-12-19)24-16-21(18-9-5-2-6-10-18)23-25-15-17-7-3-1-4-8-17/h1-14H,15-16H2/b23-21+. The number of hydrogen-bond acceptors (Lipinski definition) is 3. The minimum Gasteiger partial charge on any atom is -0.487 e. The highest BCUT2D eigenvalue weighted by molar-refractivity contribution is 6.30. The molecule has 0 bridgehead atoms. The maximum Gasteiger partial charge on any atom is 0.142 e. The molecule has 0 aromatic heterocycles. The number of hydrogen-bond donors (Lipinski definition) is 0. The summed E-state index contributed by atoms with van der Waals surface area (Å²) in [4.78, 5) is 5.53. The Bertz CT molecular complexity index is 802. The Kier molecular flexibility index (Phi) is 6.07. The normalized spacial score (nSPS) is 11.2. The van der Waals surface area contributed by atoms with Gasteiger partial charge in [0, 0.05) is 10.6 Å². The van der Waals surface area contributed by atoms with Crippen LogP contribution in [0.1, 0.15) is 11.1 Å². The van der Waals surface area contributed by atoms with Gasteiger partial charge in [-0.3, -0.25) is 0 Å². The summed E-state index contributed by atoms with van der Waals surface area (Å²) >= 11 is 5.90. The summed E-state index contributed by atoms with van der Waals surface area (Å²) in [5, 5.41) is 4.96. The van der Waals surface area contributed by atoms with Gasteiger partial charge in [-0.2, -0.15) is 0 Å². The highest BCUT2D eigenvalue weighted by Gasteiger charge is 2.06. The van der Waals surface area contributed by atoms with E-state index in [1.165, 1.54) is 0 Å². The fourth-order valence-corrected chi connectivity index (χ4v) is 2.36. The Labute approximate surface area is 152 Å². The lowest BCUT2D eigenvalue weighted by molar-refractivity contribution is 0.129. The number of oxime groups is 1. The molecule has 0 unspecified atom stereocenters. The van der Waals surface area contributed by atoms with Crippen LogP contribution >= 0.6 is 11.6 Å². The van der Waals surface area contributed by atoms with E-state index in [2.05, 4.69) is 5.16 Å². The minimum atomic E-state index is 0.306. The summed E-state index contributed by atoms with van der Waals surface area (Å²) in [5.41, 5.74) is 2.76. The van der Waals surface area contributed by atoms with Gasteiger partial charge in [0.25, 0.3) is 0 Å². The lowest BCUT2D eigenvalue weighted by atomic mass is 10.1. The molecule has 0 heterocycles. The van der Waals surface area contributed by atoms with E-state index in [4.69, 9.17) is 21.2 Å². The zero-order valence-electron chi connectivity index (χ0n) is 13.6. The van der Waals surface area contributed by atoms with Gasteiger partial charge in [0.05, 0.1) is 0 Å². The molecule has 3 nitrogen and oxygen atoms in total. The molecule has 0 aliphatic heterocycles. The van der Waals surface area contributed by atoms with Crippen molar-refractivity contribution in [3.05, 3.63) is 101 Å². The van der Waals surface area contributed by atoms with Crippen LogP contribution in [0.15, 0.2) is 90.1 Å². The third-order valence-corrected chi connectivity index (χ3v) is 3.80. The van der Waals surface area contributed by atoms with Crippen LogP contribution < -0.4 is 4.74 Å². The summed E-state index contributed by atoms with van der Waals surface area (Å²) in [7, 11) is 0. The summed E-state index contributed by atoms with van der Waals surface area (Å²) in [6.45, 7) is 0.721. The fourth-order valence-electron chi connectivity index (χ4n) is 2.23. The predicted molar refractivity (Wildman–Crippen MR) is 101 cm³/mol. The number of ether oxygens (including phenoxy) is 1. The second-order valence-electron chi connectivity index (χ2n) is 5.41. The van der Waals surface area contributed by atoms with Gasteiger partial charge in [-0.1, -0.05) is 77.4 Å². The average molecular weight is 352 g/mol. The van der Waals surface area contributed by atoms with Gasteiger partial charge in [0.1, 0.15) is 24.7 Å². The quantitative estimate of drug-likeness (QED) is 0.425. The van der Waals surface area contributed by atoms with Crippen LogP contribution in [0.2, 0.25) is 5.02 Å². The van der Waals surface area contributed by atoms with E-state index >= 15 is 0 Å². The highest BCUT2D eigenvalue weighted by atomic mass is 35.5. The van der Waals surface area contributed by atoms with Gasteiger partial charge in [-0.25, -0.2) is 0 Å². The smallest absolute Gasteiger partial charge is 0.142 e. The molecule has 0 amide bonds. The van der Waals surface area contributed by atoms with Gasteiger partial charge in [-0.05, 0) is 29.8 Å². The number of rotatable bonds is 7. The molecule has 126 valence electrons. The number of nitrogens with zero attached hydrogens (tertiary/aromatic N) is 1. The second-order valence-corrected chi connectivity index (χ2v) is 5.84. The minimum absolute atomic E-state index is 0.306. The molecule has 3 aromatic rings. The van der Waals surface area contributed by atoms with Crippen molar-refractivity contribution < 1.29 is 9.57 Å². The molecular formula is C21H18ClNO2. The number of halogens is 1. The molecule has 0 saturated carbocycles. The van der Waals surface area contributed by atoms with E-state index < -0.39 is 0 Å². The van der Waals surface area contributed by atoms with Gasteiger partial charge < -0.3 is 9.57 Å². The van der Waals surface area contributed by atoms with Crippen LogP contribution in [0.25, 0.3) is 0 Å². The van der Waals surface area contributed by atoms with Gasteiger partial charge >= 0.3 is 0 Å². The zero-order valence-corrected chi connectivity index (χ0v) is 14.4. The van der Waals surface area contributed by atoms with Crippen LogP contribution in [-0.2, 0) is 11.4 Å². The number of benzene rings is 3. The molecule has 4 heteroatoms. The van der Waals surface area contributed by atoms with E-state index in [1.54, 1.807) is 12.1 Å². The second kappa shape index (κ2) is 8.90. The highest BCUT2D eigenvalue weighted by Crippen LogP contribution is 2.16. The van der Waals surface area contributed by atoms with Crippen LogP contribution in [0.4, 0.5) is 0 Å². The predicted octanol–water partition coefficient (Wildman–Crippen LogP) is 5.34. The monoisotopic (exact) mass is 351 g/mol. The molecule has 0 fully saturated rings. The first-order valence-corrected chi connectivity index (χ1v) is 8.35. The lowest BCUT2D eigenvalue weighted by Crippen LogP contribution is -2.13. The van der Waals surface area contributed by atoms with Crippen molar-refractivity contribution >= 4 is 17.3 Å². The van der Waals surface area contributed by atoms with Crippen molar-refractivity contribution in [1.29, 1.82) is 0 Å². The van der Waals surface area contributed by atoms with Crippen LogP contribution in [-0.4, -0.2) is 12.3 Å². The summed E-state index contributed by atoms with van der Waals surface area (Å²) in [6.07, 6.45) is 0. The first-order chi connectivity index (χ1) is 12.3. The molecule has 3 aromatic carbocycles. The third kappa shape index (κ3) is 5.37. The van der Waals surface area contributed by atoms with E-state index in [-0.39, 0.29) is 0 Å². The Morgan fingerprint density at radius 3 is 2.12 bits per heavy atom. The van der Waals surface area contributed by atoms with Crippen molar-refractivity contribution in [2.45, 2.75) is 6.61 Å². The Hall–Kier alpha value is -2.78. The van der Waals surface area contributed by atoms with Crippen molar-refractivity contribution in [3.63, 3.8) is 0 Å². The molecule has 0 spiro atoms. The molecular weight excluding hydrogens is 334 g/mol. The van der Waals surface area contributed by atoms with Gasteiger partial charge in [-0.15, -0.1) is 0 Å². The topological polar surface area (TPSA) is 30.8 Å². The Balaban J connectivity index is 1.68. The van der Waals surface area contributed by atoms with Crippen molar-refractivity contribution in [3.8, 4) is 5.75 Å². The van der Waals surface area contributed by atoms with E-state index in [9.17, 15) is 0 Å². The third-order valence-electron chi connectivity index (χ3n) is 3.54. The lowest BCUT2D eigenvalue weighted by Gasteiger charge is -2.10. The molecule has 0 radical (unpaired) electrons. The van der Waals surface area contributed by atoms with Crippen LogP contribution in [0.5, 0.6) is 5.75 Å². The largest absolute Gasteiger partial charge is 0.487 e. The first kappa shape index (κ1) is 17.1. The van der Waals surface area contributed by atoms with E-state index in [1.807, 2.05) is 72.8 Å². The Morgan fingerprint density at radius 1 is 0.800 bits per heavy atom. The molecule has 0 aliphatic carbocycles. The molecule has 3 rings (SSSR count). The summed E-state index contributed by atoms with van der Waals surface area (Å²) in [5.74, 6) is 0.732. The first-order valence-electron chi connectivity index (χ1n) is 7.98.